The Morgan fingerprint density at radius 3 is 1.79 bits per heavy atom. The van der Waals surface area contributed by atoms with Crippen molar-refractivity contribution in [3.8, 4) is 0 Å². The van der Waals surface area contributed by atoms with Gasteiger partial charge in [0.05, 0.1) is 6.04 Å². The molecule has 0 bridgehead atoms. The first-order valence-electron chi connectivity index (χ1n) is 13.5. The van der Waals surface area contributed by atoms with Crippen LogP contribution in [0.2, 0.25) is 0 Å². The molecule has 5 aromatic carbocycles. The molecule has 0 aromatic heterocycles. The molecule has 0 saturated carbocycles. The maximum atomic E-state index is 14.2. The Balaban J connectivity index is 1.43. The molecule has 0 aliphatic carbocycles. The maximum Gasteiger partial charge on any atom is 0.246 e. The largest absolute Gasteiger partial charge is 0.290 e. The third-order valence-corrected chi connectivity index (χ3v) is 10.4. The lowest BCUT2D eigenvalue weighted by Gasteiger charge is -2.36. The molecule has 4 heteroatoms. The first kappa shape index (κ1) is 24.0. The number of carbonyl (C=O) groups is 1. The molecule has 2 atom stereocenters. The molecule has 7 rings (SSSR count). The number of para-hydroxylation sites is 1. The Morgan fingerprint density at radius 1 is 0.590 bits per heavy atom. The lowest BCUT2D eigenvalue weighted by Crippen LogP contribution is -2.40. The van der Waals surface area contributed by atoms with Gasteiger partial charge in [0, 0.05) is 12.2 Å². The first-order valence-corrected chi connectivity index (χ1v) is 14.8. The van der Waals surface area contributed by atoms with E-state index in [-0.39, 0.29) is 18.1 Å². The predicted molar refractivity (Wildman–Crippen MR) is 161 cm³/mol. The van der Waals surface area contributed by atoms with Crippen LogP contribution in [-0.4, -0.2) is 16.8 Å². The Labute approximate surface area is 231 Å². The van der Waals surface area contributed by atoms with Gasteiger partial charge >= 0.3 is 0 Å². The van der Waals surface area contributed by atoms with Gasteiger partial charge in [-0.05, 0) is 59.1 Å². The van der Waals surface area contributed by atoms with Crippen LogP contribution < -0.4 is 20.8 Å². The third-order valence-electron chi connectivity index (χ3n) is 7.89. The lowest BCUT2D eigenvalue weighted by atomic mass is 9.94. The summed E-state index contributed by atoms with van der Waals surface area (Å²) in [5.41, 5.74) is 4.75. The van der Waals surface area contributed by atoms with Crippen molar-refractivity contribution in [2.24, 2.45) is 0 Å². The van der Waals surface area contributed by atoms with Gasteiger partial charge in [0.2, 0.25) is 5.91 Å². The standard InChI is InChI=1S/C35H29N2OP/c38-35-32-24-26-14-10-11-15-27(26)25-36(32)34(37(35)28-16-4-1-5-17-28)31-22-12-13-23-33(31)39(29-18-6-2-7-19-29)30-20-8-3-9-21-30/h1-23,32,34H,24-25H2/t32-,34+/m0/s1. The normalized spacial score (nSPS) is 18.7. The van der Waals surface area contributed by atoms with Crippen LogP contribution in [0.5, 0.6) is 0 Å². The van der Waals surface area contributed by atoms with E-state index >= 15 is 0 Å². The Morgan fingerprint density at radius 2 is 1.13 bits per heavy atom. The Kier molecular flexibility index (Phi) is 6.32. The van der Waals surface area contributed by atoms with Gasteiger partial charge in [-0.3, -0.25) is 14.6 Å². The summed E-state index contributed by atoms with van der Waals surface area (Å²) in [4.78, 5) is 18.7. The fraction of sp³-hybridized carbons (Fsp3) is 0.114. The summed E-state index contributed by atoms with van der Waals surface area (Å²) in [6.45, 7) is 0.753. The molecule has 0 N–H and O–H groups in total. The maximum absolute atomic E-state index is 14.2. The van der Waals surface area contributed by atoms with Crippen LogP contribution in [0.1, 0.15) is 22.9 Å². The third kappa shape index (κ3) is 4.29. The molecule has 2 heterocycles. The van der Waals surface area contributed by atoms with Crippen molar-refractivity contribution in [1.82, 2.24) is 4.90 Å². The topological polar surface area (TPSA) is 23.6 Å². The summed E-state index contributed by atoms with van der Waals surface area (Å²) >= 11 is 0. The van der Waals surface area contributed by atoms with Crippen LogP contribution >= 0.6 is 7.92 Å². The molecule has 0 spiro atoms. The van der Waals surface area contributed by atoms with E-state index in [1.807, 2.05) is 18.2 Å². The SMILES string of the molecule is O=C1[C@@H]2Cc3ccccc3CN2[C@@H](c2ccccc2P(c2ccccc2)c2ccccc2)N1c1ccccc1. The highest BCUT2D eigenvalue weighted by Crippen LogP contribution is 2.45. The molecule has 5 aromatic rings. The smallest absolute Gasteiger partial charge is 0.246 e. The number of carbonyl (C=O) groups excluding carboxylic acids is 1. The number of nitrogens with zero attached hydrogens (tertiary/aromatic N) is 2. The van der Waals surface area contributed by atoms with Crippen molar-refractivity contribution in [1.29, 1.82) is 0 Å². The van der Waals surface area contributed by atoms with Crippen molar-refractivity contribution >= 4 is 35.4 Å². The van der Waals surface area contributed by atoms with Crippen molar-refractivity contribution in [2.75, 3.05) is 4.90 Å². The summed E-state index contributed by atoms with van der Waals surface area (Å²) in [5, 5.41) is 3.91. The zero-order valence-electron chi connectivity index (χ0n) is 21.6. The van der Waals surface area contributed by atoms with E-state index in [1.54, 1.807) is 0 Å². The van der Waals surface area contributed by atoms with Crippen LogP contribution in [0, 0.1) is 0 Å². The van der Waals surface area contributed by atoms with Crippen LogP contribution in [0.25, 0.3) is 0 Å². The van der Waals surface area contributed by atoms with Crippen molar-refractivity contribution in [3.05, 3.63) is 156 Å². The van der Waals surface area contributed by atoms with Gasteiger partial charge in [-0.15, -0.1) is 0 Å². The van der Waals surface area contributed by atoms with Crippen LogP contribution in [0.3, 0.4) is 0 Å². The van der Waals surface area contributed by atoms with Crippen LogP contribution in [-0.2, 0) is 17.8 Å². The van der Waals surface area contributed by atoms with E-state index in [9.17, 15) is 4.79 Å². The van der Waals surface area contributed by atoms with Crippen LogP contribution in [0.4, 0.5) is 5.69 Å². The second kappa shape index (κ2) is 10.3. The number of hydrogen-bond acceptors (Lipinski definition) is 2. The first-order chi connectivity index (χ1) is 19.3. The van der Waals surface area contributed by atoms with Gasteiger partial charge in [0.1, 0.15) is 6.17 Å². The van der Waals surface area contributed by atoms with Gasteiger partial charge in [-0.1, -0.05) is 127 Å². The molecule has 3 nitrogen and oxygen atoms in total. The van der Waals surface area contributed by atoms with E-state index in [0.717, 1.165) is 18.7 Å². The number of benzene rings is 5. The Hall–Kier alpha value is -4.04. The lowest BCUT2D eigenvalue weighted by molar-refractivity contribution is -0.119. The van der Waals surface area contributed by atoms with Gasteiger partial charge in [0.25, 0.3) is 0 Å². The second-order valence-corrected chi connectivity index (χ2v) is 12.3. The quantitative estimate of drug-likeness (QED) is 0.267. The molecule has 1 saturated heterocycles. The zero-order chi connectivity index (χ0) is 26.2. The number of fused-ring (bicyclic) bond motifs is 2. The predicted octanol–water partition coefficient (Wildman–Crippen LogP) is 5.92. The number of anilines is 1. The average Bonchev–Trinajstić information content (AvgIpc) is 3.29. The van der Waals surface area contributed by atoms with E-state index in [2.05, 4.69) is 131 Å². The molecular weight excluding hydrogens is 495 g/mol. The Bertz CT molecular complexity index is 1570. The summed E-state index contributed by atoms with van der Waals surface area (Å²) in [5.74, 6) is 0.180. The molecule has 39 heavy (non-hydrogen) atoms. The van der Waals surface area contributed by atoms with Crippen molar-refractivity contribution in [3.63, 3.8) is 0 Å². The van der Waals surface area contributed by atoms with Crippen molar-refractivity contribution < 1.29 is 4.79 Å². The zero-order valence-corrected chi connectivity index (χ0v) is 22.5. The molecule has 2 aliphatic rings. The number of amides is 1. The monoisotopic (exact) mass is 524 g/mol. The van der Waals surface area contributed by atoms with Gasteiger partial charge in [-0.2, -0.15) is 0 Å². The van der Waals surface area contributed by atoms with Crippen LogP contribution in [0.15, 0.2) is 140 Å². The van der Waals surface area contributed by atoms with Gasteiger partial charge in [-0.25, -0.2) is 0 Å². The summed E-state index contributed by atoms with van der Waals surface area (Å²) < 4.78 is 0. The van der Waals surface area contributed by atoms with Gasteiger partial charge < -0.3 is 0 Å². The average molecular weight is 525 g/mol. The molecule has 0 radical (unpaired) electrons. The van der Waals surface area contributed by atoms with E-state index in [4.69, 9.17) is 0 Å². The van der Waals surface area contributed by atoms with E-state index in [0.29, 0.717) is 0 Å². The minimum absolute atomic E-state index is 0.180. The van der Waals surface area contributed by atoms with E-state index in [1.165, 1.54) is 32.6 Å². The molecule has 1 amide bonds. The second-order valence-electron chi connectivity index (χ2n) is 10.1. The molecule has 2 aliphatic heterocycles. The minimum Gasteiger partial charge on any atom is -0.290 e. The molecule has 0 unspecified atom stereocenters. The molecule has 1 fully saturated rings. The highest BCUT2D eigenvalue weighted by Gasteiger charge is 2.50. The molecule has 190 valence electrons. The van der Waals surface area contributed by atoms with Crippen molar-refractivity contribution in [2.45, 2.75) is 25.2 Å². The fourth-order valence-corrected chi connectivity index (χ4v) is 8.60. The summed E-state index contributed by atoms with van der Waals surface area (Å²) in [6.07, 6.45) is 0.551. The summed E-state index contributed by atoms with van der Waals surface area (Å²) in [6, 6.07) is 49.0. The highest BCUT2D eigenvalue weighted by molar-refractivity contribution is 7.79. The van der Waals surface area contributed by atoms with E-state index < -0.39 is 7.92 Å². The number of hydrogen-bond donors (Lipinski definition) is 0. The highest BCUT2D eigenvalue weighted by atomic mass is 31.1. The molecular formula is C35H29N2OP. The number of rotatable bonds is 5. The minimum atomic E-state index is -0.827. The fourth-order valence-electron chi connectivity index (χ4n) is 6.12. The van der Waals surface area contributed by atoms with Gasteiger partial charge in [0.15, 0.2) is 0 Å². The summed E-state index contributed by atoms with van der Waals surface area (Å²) in [7, 11) is -0.827.